The Labute approximate surface area is 112 Å². The second kappa shape index (κ2) is 6.00. The average Bonchev–Trinajstić information content (AvgIpc) is 2.88. The number of carbonyl (C=O) groups is 1. The summed E-state index contributed by atoms with van der Waals surface area (Å²) in [4.78, 5) is 17.8. The number of aromatic nitrogens is 2. The van der Waals surface area contributed by atoms with Crippen molar-refractivity contribution in [2.75, 3.05) is 5.32 Å². The Morgan fingerprint density at radius 3 is 3.11 bits per heavy atom. The number of nitrogens with one attached hydrogen (secondary N) is 2. The van der Waals surface area contributed by atoms with Crippen LogP contribution in [0.2, 0.25) is 0 Å². The summed E-state index contributed by atoms with van der Waals surface area (Å²) in [5.74, 6) is -0.0543. The minimum Gasteiger partial charge on any atom is -0.359 e. The lowest BCUT2D eigenvalue weighted by Gasteiger charge is -2.06. The van der Waals surface area contributed by atoms with Gasteiger partial charge in [0.05, 0.1) is 5.69 Å². The van der Waals surface area contributed by atoms with Crippen molar-refractivity contribution in [1.29, 1.82) is 0 Å². The van der Waals surface area contributed by atoms with Gasteiger partial charge in [0.1, 0.15) is 11.9 Å². The molecule has 0 saturated heterocycles. The second-order valence-electron chi connectivity index (χ2n) is 4.45. The van der Waals surface area contributed by atoms with Gasteiger partial charge in [0.15, 0.2) is 0 Å². The molecule has 2 aromatic heterocycles. The molecule has 0 saturated carbocycles. The van der Waals surface area contributed by atoms with Gasteiger partial charge >= 0.3 is 0 Å². The van der Waals surface area contributed by atoms with Gasteiger partial charge in [-0.15, -0.1) is 0 Å². The van der Waals surface area contributed by atoms with Crippen LogP contribution < -0.4 is 5.32 Å². The predicted octanol–water partition coefficient (Wildman–Crippen LogP) is 3.27. The van der Waals surface area contributed by atoms with Gasteiger partial charge in [0.2, 0.25) is 0 Å². The highest BCUT2D eigenvalue weighted by molar-refractivity contribution is 5.89. The summed E-state index contributed by atoms with van der Waals surface area (Å²) < 4.78 is 0. The number of anilines is 1. The Morgan fingerprint density at radius 1 is 1.47 bits per heavy atom. The molecule has 1 unspecified atom stereocenters. The highest BCUT2D eigenvalue weighted by atomic mass is 16.1. The molecule has 0 fully saturated rings. The Kier molecular flexibility index (Phi) is 4.13. The lowest BCUT2D eigenvalue weighted by Crippen LogP contribution is -1.96. The molecule has 0 radical (unpaired) electrons. The van der Waals surface area contributed by atoms with Crippen LogP contribution in [0.3, 0.4) is 0 Å². The number of aromatic amines is 1. The SMILES string of the molecule is C/C(=C\C=C/C(C)C=O)Nc1ccnc2[nH]ccc12. The first kappa shape index (κ1) is 13.1. The maximum atomic E-state index is 10.5. The number of hydrogen-bond acceptors (Lipinski definition) is 3. The lowest BCUT2D eigenvalue weighted by molar-refractivity contribution is -0.109. The molecule has 98 valence electrons. The molecule has 1 atom stereocenters. The number of hydrogen-bond donors (Lipinski definition) is 2. The molecule has 0 spiro atoms. The van der Waals surface area contributed by atoms with Crippen molar-refractivity contribution in [2.45, 2.75) is 13.8 Å². The van der Waals surface area contributed by atoms with Gasteiger partial charge in [0.25, 0.3) is 0 Å². The van der Waals surface area contributed by atoms with E-state index in [0.717, 1.165) is 28.7 Å². The Hall–Kier alpha value is -2.36. The fraction of sp³-hybridized carbons (Fsp3) is 0.200. The third-order valence-corrected chi connectivity index (χ3v) is 2.77. The molecule has 0 aliphatic rings. The molecule has 19 heavy (non-hydrogen) atoms. The van der Waals surface area contributed by atoms with Gasteiger partial charge in [-0.2, -0.15) is 0 Å². The molecule has 4 nitrogen and oxygen atoms in total. The summed E-state index contributed by atoms with van der Waals surface area (Å²) in [6, 6.07) is 3.92. The smallest absolute Gasteiger partial charge is 0.139 e. The first-order valence-electron chi connectivity index (χ1n) is 6.20. The van der Waals surface area contributed by atoms with Crippen molar-refractivity contribution >= 4 is 23.0 Å². The molecule has 0 amide bonds. The zero-order valence-electron chi connectivity index (χ0n) is 11.1. The first-order chi connectivity index (χ1) is 9.20. The van der Waals surface area contributed by atoms with E-state index in [4.69, 9.17) is 0 Å². The van der Waals surface area contributed by atoms with Crippen LogP contribution in [-0.2, 0) is 4.79 Å². The van der Waals surface area contributed by atoms with Gasteiger partial charge in [-0.1, -0.05) is 19.1 Å². The molecule has 2 N–H and O–H groups in total. The quantitative estimate of drug-likeness (QED) is 0.636. The molecule has 2 heterocycles. The highest BCUT2D eigenvalue weighted by Gasteiger charge is 2.01. The Morgan fingerprint density at radius 2 is 2.32 bits per heavy atom. The van der Waals surface area contributed by atoms with Crippen LogP contribution in [0.4, 0.5) is 5.69 Å². The number of H-pyrrole nitrogens is 1. The number of carbonyl (C=O) groups excluding carboxylic acids is 1. The molecule has 2 rings (SSSR count). The van der Waals surface area contributed by atoms with E-state index >= 15 is 0 Å². The van der Waals surface area contributed by atoms with Crippen molar-refractivity contribution in [3.8, 4) is 0 Å². The molecule has 0 aliphatic carbocycles. The molecule has 0 aliphatic heterocycles. The van der Waals surface area contributed by atoms with Crippen molar-refractivity contribution < 1.29 is 4.79 Å². The topological polar surface area (TPSA) is 57.8 Å². The summed E-state index contributed by atoms with van der Waals surface area (Å²) in [6.45, 7) is 3.83. The molecular formula is C15H17N3O. The van der Waals surface area contributed by atoms with E-state index in [1.54, 1.807) is 6.20 Å². The van der Waals surface area contributed by atoms with Crippen molar-refractivity contribution in [3.63, 3.8) is 0 Å². The van der Waals surface area contributed by atoms with E-state index in [-0.39, 0.29) is 5.92 Å². The van der Waals surface area contributed by atoms with Gasteiger partial charge in [-0.05, 0) is 25.1 Å². The van der Waals surface area contributed by atoms with Crippen LogP contribution in [-0.4, -0.2) is 16.3 Å². The van der Waals surface area contributed by atoms with Crippen molar-refractivity contribution in [2.24, 2.45) is 5.92 Å². The number of rotatable bonds is 5. The average molecular weight is 255 g/mol. The maximum Gasteiger partial charge on any atom is 0.139 e. The number of pyridine rings is 1. The molecule has 2 aromatic rings. The van der Waals surface area contributed by atoms with Crippen LogP contribution in [0.15, 0.2) is 48.5 Å². The van der Waals surface area contributed by atoms with Crippen LogP contribution in [0, 0.1) is 5.92 Å². The molecule has 4 heteroatoms. The second-order valence-corrected chi connectivity index (χ2v) is 4.45. The van der Waals surface area contributed by atoms with Crippen LogP contribution in [0.25, 0.3) is 11.0 Å². The largest absolute Gasteiger partial charge is 0.359 e. The van der Waals surface area contributed by atoms with Gasteiger partial charge < -0.3 is 15.1 Å². The fourth-order valence-corrected chi connectivity index (χ4v) is 1.74. The molecular weight excluding hydrogens is 238 g/mol. The summed E-state index contributed by atoms with van der Waals surface area (Å²) in [5, 5.41) is 4.38. The predicted molar refractivity (Wildman–Crippen MR) is 77.8 cm³/mol. The standard InChI is InChI=1S/C15H17N3O/c1-11(10-19)4-3-5-12(2)18-14-7-9-17-15-13(14)6-8-16-15/h3-11H,1-2H3,(H2,16,17,18)/b4-3-,12-5+. The zero-order valence-corrected chi connectivity index (χ0v) is 11.1. The first-order valence-corrected chi connectivity index (χ1v) is 6.20. The zero-order chi connectivity index (χ0) is 13.7. The number of fused-ring (bicyclic) bond motifs is 1. The third kappa shape index (κ3) is 3.31. The minimum atomic E-state index is -0.0543. The van der Waals surface area contributed by atoms with Gasteiger partial charge in [0, 0.05) is 29.4 Å². The summed E-state index contributed by atoms with van der Waals surface area (Å²) in [5.41, 5.74) is 2.88. The van der Waals surface area contributed by atoms with E-state index < -0.39 is 0 Å². The lowest BCUT2D eigenvalue weighted by atomic mass is 10.2. The molecule has 0 bridgehead atoms. The van der Waals surface area contributed by atoms with Crippen LogP contribution in [0.1, 0.15) is 13.8 Å². The van der Waals surface area contributed by atoms with Crippen LogP contribution >= 0.6 is 0 Å². The summed E-state index contributed by atoms with van der Waals surface area (Å²) >= 11 is 0. The normalized spacial score (nSPS) is 13.9. The third-order valence-electron chi connectivity index (χ3n) is 2.77. The number of nitrogens with zero attached hydrogens (tertiary/aromatic N) is 1. The van der Waals surface area contributed by atoms with Gasteiger partial charge in [-0.25, -0.2) is 4.98 Å². The molecule has 0 aromatic carbocycles. The van der Waals surface area contributed by atoms with E-state index in [0.29, 0.717) is 0 Å². The van der Waals surface area contributed by atoms with Gasteiger partial charge in [-0.3, -0.25) is 0 Å². The Bertz CT molecular complexity index is 625. The van der Waals surface area contributed by atoms with Crippen molar-refractivity contribution in [3.05, 3.63) is 48.5 Å². The fourth-order valence-electron chi connectivity index (χ4n) is 1.74. The monoisotopic (exact) mass is 255 g/mol. The number of aldehydes is 1. The number of allylic oxidation sites excluding steroid dienone is 4. The Balaban J connectivity index is 2.12. The van der Waals surface area contributed by atoms with Crippen molar-refractivity contribution in [1.82, 2.24) is 9.97 Å². The maximum absolute atomic E-state index is 10.5. The minimum absolute atomic E-state index is 0.0543. The summed E-state index contributed by atoms with van der Waals surface area (Å²) in [7, 11) is 0. The summed E-state index contributed by atoms with van der Waals surface area (Å²) in [6.07, 6.45) is 10.2. The van der Waals surface area contributed by atoms with E-state index in [1.165, 1.54) is 0 Å². The van der Waals surface area contributed by atoms with E-state index in [9.17, 15) is 4.79 Å². The van der Waals surface area contributed by atoms with E-state index in [2.05, 4.69) is 15.3 Å². The highest BCUT2D eigenvalue weighted by Crippen LogP contribution is 2.21. The van der Waals surface area contributed by atoms with E-state index in [1.807, 2.05) is 50.4 Å². The van der Waals surface area contributed by atoms with Crippen LogP contribution in [0.5, 0.6) is 0 Å².